The zero-order chi connectivity index (χ0) is 23.8. The number of esters is 1. The molecule has 3 aromatic rings. The van der Waals surface area contributed by atoms with Crippen LogP contribution in [-0.4, -0.2) is 39.6 Å². The SMILES string of the molecule is Cc1nc(-c2nnn(C)c2CC(=O)O[C@H](C)c2ccccc2Cl)ccc1NS(=O)(=O)C1CC1. The molecule has 1 N–H and O–H groups in total. The lowest BCUT2D eigenvalue weighted by molar-refractivity contribution is -0.147. The monoisotopic (exact) mass is 489 g/mol. The van der Waals surface area contributed by atoms with E-state index >= 15 is 0 Å². The minimum atomic E-state index is -3.39. The summed E-state index contributed by atoms with van der Waals surface area (Å²) in [5.74, 6) is -0.459. The third kappa shape index (κ3) is 5.17. The molecule has 4 rings (SSSR count). The summed E-state index contributed by atoms with van der Waals surface area (Å²) in [5.41, 5.74) is 3.09. The lowest BCUT2D eigenvalue weighted by atomic mass is 10.1. The van der Waals surface area contributed by atoms with Crippen molar-refractivity contribution >= 4 is 33.3 Å². The fraction of sp³-hybridized carbons (Fsp3) is 0.364. The van der Waals surface area contributed by atoms with Crippen molar-refractivity contribution in [2.45, 2.75) is 44.5 Å². The van der Waals surface area contributed by atoms with Gasteiger partial charge in [0.1, 0.15) is 11.8 Å². The second-order valence-electron chi connectivity index (χ2n) is 8.01. The van der Waals surface area contributed by atoms with Crippen LogP contribution in [0.1, 0.15) is 42.8 Å². The molecular weight excluding hydrogens is 466 g/mol. The number of carbonyl (C=O) groups excluding carboxylic acids is 1. The van der Waals surface area contributed by atoms with Crippen molar-refractivity contribution in [3.8, 4) is 11.4 Å². The van der Waals surface area contributed by atoms with Crippen LogP contribution >= 0.6 is 11.6 Å². The Morgan fingerprint density at radius 1 is 1.27 bits per heavy atom. The minimum Gasteiger partial charge on any atom is -0.457 e. The molecule has 0 saturated heterocycles. The van der Waals surface area contributed by atoms with Gasteiger partial charge in [0.05, 0.1) is 34.4 Å². The standard InChI is InChI=1S/C22H24ClN5O4S/c1-13-18(26-33(30,31)15-8-9-15)10-11-19(24-13)22-20(28(3)27-25-22)12-21(29)32-14(2)16-6-4-5-7-17(16)23/h4-7,10-11,14-15,26H,8-9,12H2,1-3H3/t14-/m1/s1. The van der Waals surface area contributed by atoms with Crippen LogP contribution in [0.4, 0.5) is 5.69 Å². The number of nitrogens with zero attached hydrogens (tertiary/aromatic N) is 4. The Balaban J connectivity index is 1.51. The van der Waals surface area contributed by atoms with E-state index in [1.807, 2.05) is 18.2 Å². The highest BCUT2D eigenvalue weighted by molar-refractivity contribution is 7.93. The molecule has 0 radical (unpaired) electrons. The number of aromatic nitrogens is 4. The number of rotatable bonds is 8. The van der Waals surface area contributed by atoms with Gasteiger partial charge in [0.2, 0.25) is 10.0 Å². The number of aryl methyl sites for hydroxylation is 2. The molecule has 1 aliphatic rings. The van der Waals surface area contributed by atoms with Gasteiger partial charge in [-0.25, -0.2) is 13.4 Å². The predicted octanol–water partition coefficient (Wildman–Crippen LogP) is 3.59. The number of hydrogen-bond acceptors (Lipinski definition) is 7. The molecule has 1 atom stereocenters. The lowest BCUT2D eigenvalue weighted by Gasteiger charge is -2.15. The van der Waals surface area contributed by atoms with E-state index < -0.39 is 22.1 Å². The molecule has 11 heteroatoms. The van der Waals surface area contributed by atoms with Crippen molar-refractivity contribution in [2.75, 3.05) is 4.72 Å². The molecule has 174 valence electrons. The van der Waals surface area contributed by atoms with Crippen molar-refractivity contribution in [2.24, 2.45) is 7.05 Å². The predicted molar refractivity (Wildman–Crippen MR) is 124 cm³/mol. The fourth-order valence-electron chi connectivity index (χ4n) is 3.43. The maximum Gasteiger partial charge on any atom is 0.312 e. The van der Waals surface area contributed by atoms with Crippen LogP contribution in [0, 0.1) is 6.92 Å². The Morgan fingerprint density at radius 3 is 2.67 bits per heavy atom. The molecule has 33 heavy (non-hydrogen) atoms. The Labute approximate surface area is 197 Å². The lowest BCUT2D eigenvalue weighted by Crippen LogP contribution is -2.18. The number of nitrogens with one attached hydrogen (secondary N) is 1. The first kappa shape index (κ1) is 23.2. The number of hydrogen-bond donors (Lipinski definition) is 1. The molecule has 0 amide bonds. The zero-order valence-electron chi connectivity index (χ0n) is 18.4. The van der Waals surface area contributed by atoms with Crippen LogP contribution in [0.15, 0.2) is 36.4 Å². The van der Waals surface area contributed by atoms with Crippen molar-refractivity contribution in [3.63, 3.8) is 0 Å². The largest absolute Gasteiger partial charge is 0.457 e. The van der Waals surface area contributed by atoms with E-state index in [0.29, 0.717) is 46.3 Å². The summed E-state index contributed by atoms with van der Waals surface area (Å²) in [6.45, 7) is 3.47. The van der Waals surface area contributed by atoms with Gasteiger partial charge in [-0.05, 0) is 44.9 Å². The van der Waals surface area contributed by atoms with Crippen molar-refractivity contribution in [3.05, 3.63) is 58.4 Å². The molecule has 1 aliphatic carbocycles. The molecule has 9 nitrogen and oxygen atoms in total. The molecule has 0 aliphatic heterocycles. The van der Waals surface area contributed by atoms with Gasteiger partial charge in [0.15, 0.2) is 0 Å². The quantitative estimate of drug-likeness (QED) is 0.480. The molecule has 0 unspecified atom stereocenters. The summed E-state index contributed by atoms with van der Waals surface area (Å²) in [5, 5.41) is 8.38. The van der Waals surface area contributed by atoms with Crippen LogP contribution in [0.5, 0.6) is 0 Å². The Morgan fingerprint density at radius 2 is 2.00 bits per heavy atom. The molecule has 1 saturated carbocycles. The Kier molecular flexibility index (Phi) is 6.40. The van der Waals surface area contributed by atoms with Gasteiger partial charge in [-0.2, -0.15) is 0 Å². The Bertz CT molecular complexity index is 1300. The van der Waals surface area contributed by atoms with E-state index in [-0.39, 0.29) is 11.7 Å². The van der Waals surface area contributed by atoms with Crippen molar-refractivity contribution in [1.82, 2.24) is 20.0 Å². The van der Waals surface area contributed by atoms with Gasteiger partial charge >= 0.3 is 5.97 Å². The second-order valence-corrected chi connectivity index (χ2v) is 10.4. The van der Waals surface area contributed by atoms with Crippen LogP contribution in [-0.2, 0) is 33.0 Å². The summed E-state index contributed by atoms with van der Waals surface area (Å²) in [6.07, 6.45) is 0.766. The van der Waals surface area contributed by atoms with E-state index in [4.69, 9.17) is 16.3 Å². The topological polar surface area (TPSA) is 116 Å². The average Bonchev–Trinajstić information content (AvgIpc) is 3.56. The first-order valence-electron chi connectivity index (χ1n) is 10.5. The van der Waals surface area contributed by atoms with Gasteiger partial charge in [0.25, 0.3) is 0 Å². The minimum absolute atomic E-state index is 0.0651. The van der Waals surface area contributed by atoms with Crippen molar-refractivity contribution < 1.29 is 17.9 Å². The van der Waals surface area contributed by atoms with Crippen LogP contribution in [0.3, 0.4) is 0 Å². The summed E-state index contributed by atoms with van der Waals surface area (Å²) in [6, 6.07) is 10.5. The summed E-state index contributed by atoms with van der Waals surface area (Å²) in [7, 11) is -1.71. The molecule has 0 spiro atoms. The van der Waals surface area contributed by atoms with E-state index in [1.165, 1.54) is 4.68 Å². The third-order valence-electron chi connectivity index (χ3n) is 5.45. The van der Waals surface area contributed by atoms with Crippen molar-refractivity contribution in [1.29, 1.82) is 0 Å². The molecule has 2 aromatic heterocycles. The summed E-state index contributed by atoms with van der Waals surface area (Å²) < 4.78 is 34.1. The molecule has 0 bridgehead atoms. The summed E-state index contributed by atoms with van der Waals surface area (Å²) >= 11 is 6.20. The number of ether oxygens (including phenoxy) is 1. The number of benzene rings is 1. The molecule has 1 aromatic carbocycles. The van der Waals surface area contributed by atoms with Gasteiger partial charge in [-0.3, -0.25) is 14.2 Å². The highest BCUT2D eigenvalue weighted by Gasteiger charge is 2.36. The van der Waals surface area contributed by atoms with E-state index in [1.54, 1.807) is 39.1 Å². The molecule has 1 fully saturated rings. The van der Waals surface area contributed by atoms with Crippen LogP contribution in [0.2, 0.25) is 5.02 Å². The number of anilines is 1. The van der Waals surface area contributed by atoms with E-state index in [2.05, 4.69) is 20.0 Å². The summed E-state index contributed by atoms with van der Waals surface area (Å²) in [4.78, 5) is 17.2. The van der Waals surface area contributed by atoms with Gasteiger partial charge < -0.3 is 4.74 Å². The maximum atomic E-state index is 12.7. The highest BCUT2D eigenvalue weighted by Crippen LogP contribution is 2.31. The fourth-order valence-corrected chi connectivity index (χ4v) is 5.17. The third-order valence-corrected chi connectivity index (χ3v) is 7.65. The van der Waals surface area contributed by atoms with Crippen LogP contribution < -0.4 is 4.72 Å². The number of carbonyl (C=O) groups is 1. The molecule has 2 heterocycles. The molecular formula is C22H24ClN5O4S. The second kappa shape index (κ2) is 9.11. The van der Waals surface area contributed by atoms with Gasteiger partial charge in [0, 0.05) is 17.6 Å². The Hall–Kier alpha value is -2.98. The zero-order valence-corrected chi connectivity index (χ0v) is 20.0. The van der Waals surface area contributed by atoms with Gasteiger partial charge in [-0.15, -0.1) is 5.10 Å². The van der Waals surface area contributed by atoms with Gasteiger partial charge in [-0.1, -0.05) is 35.0 Å². The normalized spacial score (nSPS) is 14.7. The van der Waals surface area contributed by atoms with E-state index in [0.717, 1.165) is 5.56 Å². The average molecular weight is 490 g/mol. The van der Waals surface area contributed by atoms with Crippen LogP contribution in [0.25, 0.3) is 11.4 Å². The number of halogens is 1. The highest BCUT2D eigenvalue weighted by atomic mass is 35.5. The maximum absolute atomic E-state index is 12.7. The van der Waals surface area contributed by atoms with E-state index in [9.17, 15) is 13.2 Å². The number of pyridine rings is 1. The first-order chi connectivity index (χ1) is 15.7. The smallest absolute Gasteiger partial charge is 0.312 e. The number of sulfonamides is 1. The first-order valence-corrected chi connectivity index (χ1v) is 12.4.